The molecule has 5 rings (SSSR count). The number of aryl methyl sites for hydroxylation is 1. The first-order chi connectivity index (χ1) is 16.0. The van der Waals surface area contributed by atoms with E-state index in [0.29, 0.717) is 41.4 Å². The predicted octanol–water partition coefficient (Wildman–Crippen LogP) is 4.42. The van der Waals surface area contributed by atoms with E-state index >= 15 is 0 Å². The second-order valence-corrected chi connectivity index (χ2v) is 9.95. The summed E-state index contributed by atoms with van der Waals surface area (Å²) in [5.74, 6) is -0.0704. The Kier molecular flexibility index (Phi) is 5.62. The highest BCUT2D eigenvalue weighted by Crippen LogP contribution is 2.55. The van der Waals surface area contributed by atoms with Crippen LogP contribution in [0.4, 0.5) is 27.5 Å². The Hall–Kier alpha value is -3.25. The number of halogens is 1. The molecule has 11 heteroatoms. The fourth-order valence-corrected chi connectivity index (χ4v) is 5.63. The number of aromatic amines is 1. The highest BCUT2D eigenvalue weighted by molar-refractivity contribution is 8.24. The summed E-state index contributed by atoms with van der Waals surface area (Å²) in [5.41, 5.74) is 2.98. The Bertz CT molecular complexity index is 1310. The van der Waals surface area contributed by atoms with Crippen LogP contribution in [0, 0.1) is 5.82 Å². The van der Waals surface area contributed by atoms with E-state index in [1.54, 1.807) is 17.2 Å². The van der Waals surface area contributed by atoms with Crippen molar-refractivity contribution in [3.63, 3.8) is 0 Å². The molecule has 0 unspecified atom stereocenters. The Labute approximate surface area is 190 Å². The number of rotatable bonds is 7. The van der Waals surface area contributed by atoms with Crippen molar-refractivity contribution in [2.75, 3.05) is 29.1 Å². The number of hydrogen-bond acceptors (Lipinski definition) is 8. The van der Waals surface area contributed by atoms with Gasteiger partial charge >= 0.3 is 0 Å². The average molecular weight is 471 g/mol. The van der Waals surface area contributed by atoms with Crippen molar-refractivity contribution in [3.8, 4) is 0 Å². The third-order valence-electron chi connectivity index (χ3n) is 5.61. The Balaban J connectivity index is 1.51. The molecule has 0 saturated carbocycles. The lowest BCUT2D eigenvalue weighted by molar-refractivity contribution is 0.290. The van der Waals surface area contributed by atoms with Crippen LogP contribution < -0.4 is 10.2 Å². The standard InChI is InChI=1S/C22H23FN6O3S/c23-17-13-24-22(26-15-6-5-14-7-10-33(31,32)20(14)11-15)27-21(17)29(8-2-9-30)19-4-1-3-18-16(19)12-25-28-18/h1,3-6,11-13,30-32H,2,7-10H2,(H,25,28)(H,24,26,27). The molecule has 1 aliphatic heterocycles. The Morgan fingerprint density at radius 3 is 2.91 bits per heavy atom. The second-order valence-electron chi connectivity index (χ2n) is 7.77. The molecule has 0 spiro atoms. The summed E-state index contributed by atoms with van der Waals surface area (Å²) < 4.78 is 35.5. The molecule has 33 heavy (non-hydrogen) atoms. The molecule has 5 N–H and O–H groups in total. The molecule has 0 amide bonds. The first-order valence-electron chi connectivity index (χ1n) is 10.5. The number of hydrogen-bond donors (Lipinski definition) is 5. The minimum Gasteiger partial charge on any atom is -0.396 e. The van der Waals surface area contributed by atoms with E-state index < -0.39 is 16.4 Å². The third-order valence-corrected chi connectivity index (χ3v) is 7.46. The first kappa shape index (κ1) is 21.6. The lowest BCUT2D eigenvalue weighted by Crippen LogP contribution is -2.22. The van der Waals surface area contributed by atoms with Crippen LogP contribution in [0.15, 0.2) is 53.7 Å². The monoisotopic (exact) mass is 470 g/mol. The number of benzene rings is 2. The van der Waals surface area contributed by atoms with Crippen molar-refractivity contribution in [2.45, 2.75) is 17.7 Å². The van der Waals surface area contributed by atoms with E-state index in [2.05, 4.69) is 25.5 Å². The van der Waals surface area contributed by atoms with Crippen molar-refractivity contribution in [1.29, 1.82) is 0 Å². The van der Waals surface area contributed by atoms with Gasteiger partial charge in [-0.25, -0.2) is 9.37 Å². The summed E-state index contributed by atoms with van der Waals surface area (Å²) in [4.78, 5) is 10.7. The lowest BCUT2D eigenvalue weighted by atomic mass is 10.1. The summed E-state index contributed by atoms with van der Waals surface area (Å²) in [7, 11) is -2.79. The van der Waals surface area contributed by atoms with Gasteiger partial charge in [-0.05, 0) is 42.7 Å². The minimum absolute atomic E-state index is 0.0556. The van der Waals surface area contributed by atoms with Crippen LogP contribution >= 0.6 is 10.6 Å². The van der Waals surface area contributed by atoms with E-state index in [4.69, 9.17) is 0 Å². The number of aromatic nitrogens is 4. The molecule has 172 valence electrons. The molecule has 2 aromatic carbocycles. The molecule has 0 atom stereocenters. The third kappa shape index (κ3) is 4.11. The summed E-state index contributed by atoms with van der Waals surface area (Å²) in [5, 5.41) is 20.2. The maximum absolute atomic E-state index is 14.9. The van der Waals surface area contributed by atoms with Gasteiger partial charge in [0.05, 0.1) is 28.5 Å². The lowest BCUT2D eigenvalue weighted by Gasteiger charge is -2.27. The number of anilines is 4. The number of nitrogens with one attached hydrogen (secondary N) is 2. The zero-order chi connectivity index (χ0) is 23.0. The summed E-state index contributed by atoms with van der Waals surface area (Å²) in [6, 6.07) is 10.9. The molecule has 0 radical (unpaired) electrons. The maximum atomic E-state index is 14.9. The molecule has 0 bridgehead atoms. The van der Waals surface area contributed by atoms with Crippen LogP contribution in [0.5, 0.6) is 0 Å². The number of nitrogens with zero attached hydrogens (tertiary/aromatic N) is 4. The van der Waals surface area contributed by atoms with Gasteiger partial charge in [0.25, 0.3) is 0 Å². The Morgan fingerprint density at radius 1 is 1.18 bits per heavy atom. The molecule has 4 aromatic rings. The fourth-order valence-electron chi connectivity index (χ4n) is 4.00. The molecule has 2 aromatic heterocycles. The van der Waals surface area contributed by atoms with Gasteiger partial charge in [-0.2, -0.15) is 20.7 Å². The highest BCUT2D eigenvalue weighted by Gasteiger charge is 2.27. The zero-order valence-electron chi connectivity index (χ0n) is 17.6. The molecule has 0 fully saturated rings. The molecule has 1 aliphatic rings. The number of aliphatic hydroxyl groups is 1. The smallest absolute Gasteiger partial charge is 0.229 e. The van der Waals surface area contributed by atoms with Gasteiger partial charge in [-0.3, -0.25) is 14.2 Å². The average Bonchev–Trinajstić information content (AvgIpc) is 3.41. The molecular formula is C22H23FN6O3S. The SMILES string of the molecule is OCCCN(c1nc(Nc2ccc3c(c2)S(O)(O)CC3)ncc1F)c1cccc2[nH]ncc12. The van der Waals surface area contributed by atoms with Crippen molar-refractivity contribution in [3.05, 3.63) is 60.2 Å². The summed E-state index contributed by atoms with van der Waals surface area (Å²) >= 11 is 0. The molecule has 9 nitrogen and oxygen atoms in total. The largest absolute Gasteiger partial charge is 0.396 e. The second kappa shape index (κ2) is 8.60. The Morgan fingerprint density at radius 2 is 2.06 bits per heavy atom. The minimum atomic E-state index is -2.79. The van der Waals surface area contributed by atoms with Gasteiger partial charge in [0.15, 0.2) is 11.6 Å². The first-order valence-corrected chi connectivity index (χ1v) is 12.2. The van der Waals surface area contributed by atoms with E-state index in [9.17, 15) is 18.6 Å². The molecule has 3 heterocycles. The summed E-state index contributed by atoms with van der Waals surface area (Å²) in [6.45, 7) is 0.269. The predicted molar refractivity (Wildman–Crippen MR) is 126 cm³/mol. The quantitative estimate of drug-likeness (QED) is 0.268. The van der Waals surface area contributed by atoms with Crippen molar-refractivity contribution < 1.29 is 18.6 Å². The molecular weight excluding hydrogens is 447 g/mol. The number of fused-ring (bicyclic) bond motifs is 2. The number of H-pyrrole nitrogens is 1. The van der Waals surface area contributed by atoms with E-state index in [1.807, 2.05) is 30.3 Å². The summed E-state index contributed by atoms with van der Waals surface area (Å²) in [6.07, 6.45) is 3.78. The molecule has 0 aliphatic carbocycles. The van der Waals surface area contributed by atoms with E-state index in [1.165, 1.54) is 0 Å². The van der Waals surface area contributed by atoms with Crippen LogP contribution in [0.3, 0.4) is 0 Å². The topological polar surface area (TPSA) is 130 Å². The highest BCUT2D eigenvalue weighted by atomic mass is 32.3. The van der Waals surface area contributed by atoms with E-state index in [-0.39, 0.29) is 18.4 Å². The fraction of sp³-hybridized carbons (Fsp3) is 0.227. The van der Waals surface area contributed by atoms with Crippen molar-refractivity contribution in [1.82, 2.24) is 20.2 Å². The van der Waals surface area contributed by atoms with Crippen LogP contribution in [0.1, 0.15) is 12.0 Å². The number of aliphatic hydroxyl groups excluding tert-OH is 1. The van der Waals surface area contributed by atoms with Gasteiger partial charge in [-0.1, -0.05) is 12.1 Å². The van der Waals surface area contributed by atoms with Gasteiger partial charge in [0.2, 0.25) is 5.95 Å². The normalized spacial score (nSPS) is 15.4. The van der Waals surface area contributed by atoms with Crippen LogP contribution in [0.25, 0.3) is 10.9 Å². The molecule has 0 saturated heterocycles. The van der Waals surface area contributed by atoms with Crippen LogP contribution in [-0.2, 0) is 6.42 Å². The van der Waals surface area contributed by atoms with Gasteiger partial charge < -0.3 is 15.3 Å². The zero-order valence-corrected chi connectivity index (χ0v) is 18.4. The van der Waals surface area contributed by atoms with E-state index in [0.717, 1.165) is 22.7 Å². The van der Waals surface area contributed by atoms with Crippen LogP contribution in [-0.4, -0.2) is 53.3 Å². The van der Waals surface area contributed by atoms with Gasteiger partial charge in [-0.15, -0.1) is 0 Å². The van der Waals surface area contributed by atoms with Crippen molar-refractivity contribution >= 4 is 44.6 Å². The van der Waals surface area contributed by atoms with Gasteiger partial charge in [0, 0.05) is 30.0 Å². The van der Waals surface area contributed by atoms with Gasteiger partial charge in [0.1, 0.15) is 0 Å². The maximum Gasteiger partial charge on any atom is 0.229 e. The van der Waals surface area contributed by atoms with Crippen molar-refractivity contribution in [2.24, 2.45) is 0 Å². The van der Waals surface area contributed by atoms with Crippen LogP contribution in [0.2, 0.25) is 0 Å².